The molecule has 2 atom stereocenters. The zero-order valence-corrected chi connectivity index (χ0v) is 23.0. The van der Waals surface area contributed by atoms with Gasteiger partial charge in [-0.1, -0.05) is 25.1 Å². The average Bonchev–Trinajstić information content (AvgIpc) is 3.43. The van der Waals surface area contributed by atoms with Gasteiger partial charge in [0.1, 0.15) is 28.6 Å². The van der Waals surface area contributed by atoms with E-state index in [9.17, 15) is 13.6 Å². The smallest absolute Gasteiger partial charge is 0.200 e. The molecule has 0 aliphatic heterocycles. The Labute approximate surface area is 239 Å². The number of hydrogen-bond donors (Lipinski definition) is 2. The number of nitrogens with zero attached hydrogens (tertiary/aromatic N) is 2. The van der Waals surface area contributed by atoms with E-state index in [1.54, 1.807) is 24.4 Å². The third-order valence-corrected chi connectivity index (χ3v) is 9.50. The minimum Gasteiger partial charge on any atom is -0.456 e. The summed E-state index contributed by atoms with van der Waals surface area (Å²) >= 11 is 0. The van der Waals surface area contributed by atoms with Crippen molar-refractivity contribution in [3.63, 3.8) is 0 Å². The molecule has 2 bridgehead atoms. The van der Waals surface area contributed by atoms with Crippen molar-refractivity contribution in [1.82, 2.24) is 15.0 Å². The van der Waals surface area contributed by atoms with Crippen LogP contribution in [0.1, 0.15) is 32.6 Å². The standard InChI is InChI=1S/C34H28F2N4O2/c1-17-18-6-8-19(9-7-18)31(17)39-30-15-27(38-34(40-30)25-16-37-32-24(25)13-21(35)14-26(32)36)20-10-11-23-29(12-20)42-28-5-3-2-4-22(28)33(23)41/h2-5,10-19,31,37H,6-9H2,1H3,(H,38,39,40). The van der Waals surface area contributed by atoms with Crippen LogP contribution in [0, 0.1) is 29.4 Å². The van der Waals surface area contributed by atoms with Crippen LogP contribution in [0.5, 0.6) is 0 Å². The molecule has 3 fully saturated rings. The topological polar surface area (TPSA) is 83.8 Å². The van der Waals surface area contributed by atoms with E-state index in [1.165, 1.54) is 31.7 Å². The molecule has 3 heterocycles. The van der Waals surface area contributed by atoms with Gasteiger partial charge in [-0.05, 0) is 73.8 Å². The van der Waals surface area contributed by atoms with Gasteiger partial charge < -0.3 is 14.7 Å². The van der Waals surface area contributed by atoms with Gasteiger partial charge in [0.2, 0.25) is 5.43 Å². The van der Waals surface area contributed by atoms with Crippen LogP contribution in [-0.2, 0) is 0 Å². The maximum Gasteiger partial charge on any atom is 0.200 e. The summed E-state index contributed by atoms with van der Waals surface area (Å²) < 4.78 is 35.0. The van der Waals surface area contributed by atoms with Crippen LogP contribution >= 0.6 is 0 Å². The van der Waals surface area contributed by atoms with Crippen molar-refractivity contribution in [2.45, 2.75) is 38.6 Å². The van der Waals surface area contributed by atoms with Crippen LogP contribution in [0.3, 0.4) is 0 Å². The second kappa shape index (κ2) is 9.48. The number of rotatable bonds is 4. The minimum atomic E-state index is -0.672. The molecule has 2 N–H and O–H groups in total. The Hall–Kier alpha value is -4.59. The lowest BCUT2D eigenvalue weighted by atomic mass is 9.62. The summed E-state index contributed by atoms with van der Waals surface area (Å²) in [5.74, 6) is 1.45. The molecule has 2 unspecified atom stereocenters. The SMILES string of the molecule is CC1C2CCC(CC2)C1Nc1cc(-c2ccc3c(=O)c4ccccc4oc3c2)nc(-c2c[nH]c3c(F)cc(F)cc23)n1. The van der Waals surface area contributed by atoms with Gasteiger partial charge in [-0.25, -0.2) is 18.7 Å². The highest BCUT2D eigenvalue weighted by atomic mass is 19.1. The van der Waals surface area contributed by atoms with Crippen LogP contribution in [0.4, 0.5) is 14.6 Å². The Morgan fingerprint density at radius 3 is 2.50 bits per heavy atom. The molecule has 0 saturated heterocycles. The Balaban J connectivity index is 1.29. The highest BCUT2D eigenvalue weighted by Gasteiger charge is 2.41. The number of anilines is 1. The number of H-pyrrole nitrogens is 1. The third-order valence-electron chi connectivity index (χ3n) is 9.50. The second-order valence-corrected chi connectivity index (χ2v) is 11.8. The number of para-hydroxylation sites is 1. The van der Waals surface area contributed by atoms with Crippen molar-refractivity contribution < 1.29 is 13.2 Å². The molecular weight excluding hydrogens is 534 g/mol. The molecular formula is C34H28F2N4O2. The maximum atomic E-state index is 14.6. The van der Waals surface area contributed by atoms with Crippen LogP contribution in [0.2, 0.25) is 0 Å². The van der Waals surface area contributed by atoms with Crippen molar-refractivity contribution in [2.75, 3.05) is 5.32 Å². The lowest BCUT2D eigenvalue weighted by Crippen LogP contribution is -2.47. The maximum absolute atomic E-state index is 14.6. The molecule has 210 valence electrons. The third kappa shape index (κ3) is 4.00. The van der Waals surface area contributed by atoms with E-state index in [0.29, 0.717) is 68.0 Å². The van der Waals surface area contributed by atoms with Crippen molar-refractivity contribution in [3.05, 3.63) is 88.7 Å². The van der Waals surface area contributed by atoms with Gasteiger partial charge in [-0.3, -0.25) is 4.79 Å². The van der Waals surface area contributed by atoms with Gasteiger partial charge in [-0.15, -0.1) is 0 Å². The number of benzene rings is 3. The normalized spacial score (nSPS) is 21.9. The summed E-state index contributed by atoms with van der Waals surface area (Å²) in [5.41, 5.74) is 2.94. The first kappa shape index (κ1) is 25.1. The Morgan fingerprint density at radius 1 is 0.881 bits per heavy atom. The first-order chi connectivity index (χ1) is 20.4. The van der Waals surface area contributed by atoms with Crippen LogP contribution < -0.4 is 10.7 Å². The first-order valence-corrected chi connectivity index (χ1v) is 14.5. The van der Waals surface area contributed by atoms with E-state index in [-0.39, 0.29) is 17.0 Å². The minimum absolute atomic E-state index is 0.0895. The largest absolute Gasteiger partial charge is 0.456 e. The fraction of sp³-hybridized carbons (Fsp3) is 0.265. The van der Waals surface area contributed by atoms with Crippen molar-refractivity contribution >= 4 is 38.7 Å². The van der Waals surface area contributed by atoms with E-state index in [4.69, 9.17) is 14.4 Å². The van der Waals surface area contributed by atoms with Gasteiger partial charge in [0.05, 0.1) is 22.0 Å². The molecule has 3 saturated carbocycles. The number of hydrogen-bond acceptors (Lipinski definition) is 5. The molecule has 3 aromatic heterocycles. The lowest BCUT2D eigenvalue weighted by Gasteiger charge is -2.47. The van der Waals surface area contributed by atoms with Crippen LogP contribution in [0.25, 0.3) is 55.5 Å². The fourth-order valence-corrected chi connectivity index (χ4v) is 7.26. The number of nitrogens with one attached hydrogen (secondary N) is 2. The van der Waals surface area contributed by atoms with E-state index < -0.39 is 11.6 Å². The summed E-state index contributed by atoms with van der Waals surface area (Å²) in [7, 11) is 0. The van der Waals surface area contributed by atoms with E-state index in [2.05, 4.69) is 17.2 Å². The number of halogens is 2. The highest BCUT2D eigenvalue weighted by molar-refractivity contribution is 5.95. The quantitative estimate of drug-likeness (QED) is 0.212. The molecule has 42 heavy (non-hydrogen) atoms. The first-order valence-electron chi connectivity index (χ1n) is 14.5. The zero-order chi connectivity index (χ0) is 28.5. The molecule has 6 aromatic rings. The van der Waals surface area contributed by atoms with Gasteiger partial charge in [0.25, 0.3) is 0 Å². The molecule has 9 rings (SSSR count). The highest BCUT2D eigenvalue weighted by Crippen LogP contribution is 2.46. The number of fused-ring (bicyclic) bond motifs is 6. The van der Waals surface area contributed by atoms with Crippen LogP contribution in [-0.4, -0.2) is 21.0 Å². The fourth-order valence-electron chi connectivity index (χ4n) is 7.26. The molecule has 0 amide bonds. The van der Waals surface area contributed by atoms with E-state index in [0.717, 1.165) is 11.6 Å². The molecule has 0 radical (unpaired) electrons. The monoisotopic (exact) mass is 562 g/mol. The predicted molar refractivity (Wildman–Crippen MR) is 160 cm³/mol. The van der Waals surface area contributed by atoms with E-state index >= 15 is 0 Å². The number of aromatic amines is 1. The second-order valence-electron chi connectivity index (χ2n) is 11.8. The zero-order valence-electron chi connectivity index (χ0n) is 23.0. The van der Waals surface area contributed by atoms with Crippen LogP contribution in [0.15, 0.2) is 76.1 Å². The van der Waals surface area contributed by atoms with Gasteiger partial charge in [0, 0.05) is 40.9 Å². The molecule has 0 spiro atoms. The molecule has 6 nitrogen and oxygen atoms in total. The van der Waals surface area contributed by atoms with Crippen molar-refractivity contribution in [2.24, 2.45) is 17.8 Å². The molecule has 8 heteroatoms. The molecule has 3 aliphatic carbocycles. The van der Waals surface area contributed by atoms with Crippen molar-refractivity contribution in [3.8, 4) is 22.6 Å². The molecule has 3 aliphatic rings. The van der Waals surface area contributed by atoms with Gasteiger partial charge in [-0.2, -0.15) is 0 Å². The summed E-state index contributed by atoms with van der Waals surface area (Å²) in [6.07, 6.45) is 6.57. The van der Waals surface area contributed by atoms with E-state index in [1.807, 2.05) is 30.3 Å². The average molecular weight is 563 g/mol. The van der Waals surface area contributed by atoms with Gasteiger partial charge in [0.15, 0.2) is 5.82 Å². The summed E-state index contributed by atoms with van der Waals surface area (Å²) in [4.78, 5) is 25.8. The Morgan fingerprint density at radius 2 is 1.67 bits per heavy atom. The molecule has 3 aromatic carbocycles. The van der Waals surface area contributed by atoms with Gasteiger partial charge >= 0.3 is 0 Å². The summed E-state index contributed by atoms with van der Waals surface area (Å²) in [5, 5.41) is 5.12. The van der Waals surface area contributed by atoms with Crippen molar-refractivity contribution in [1.29, 1.82) is 0 Å². The predicted octanol–water partition coefficient (Wildman–Crippen LogP) is 8.07. The summed E-state index contributed by atoms with van der Waals surface area (Å²) in [6.45, 7) is 2.32. The lowest BCUT2D eigenvalue weighted by molar-refractivity contribution is 0.0928. The Kier molecular flexibility index (Phi) is 5.67. The summed E-state index contributed by atoms with van der Waals surface area (Å²) in [6, 6.07) is 17.0. The number of aromatic nitrogens is 3. The Bertz CT molecular complexity index is 2070.